The van der Waals surface area contributed by atoms with Gasteiger partial charge in [-0.1, -0.05) is 0 Å². The third-order valence-electron chi connectivity index (χ3n) is 1.17. The fraction of sp³-hybridized carbons (Fsp3) is 0. The molecule has 0 unspecified atom stereocenters. The molecule has 1 rings (SSSR count). The number of hydrogen-bond acceptors (Lipinski definition) is 2. The zero-order valence-corrected chi connectivity index (χ0v) is 6.82. The average molecular weight is 224 g/mol. The highest BCUT2D eigenvalue weighted by atomic mass is 79.9. The van der Waals surface area contributed by atoms with Crippen LogP contribution in [0.15, 0.2) is 10.5 Å². The van der Waals surface area contributed by atoms with Crippen LogP contribution in [0.1, 0.15) is 0 Å². The Balaban J connectivity index is 3.46. The number of rotatable bonds is 0. The van der Waals surface area contributed by atoms with Crippen LogP contribution in [0.4, 0.5) is 14.5 Å². The number of anilines is 1. The van der Waals surface area contributed by atoms with E-state index in [4.69, 9.17) is 10.8 Å². The van der Waals surface area contributed by atoms with E-state index in [1.54, 1.807) is 0 Å². The van der Waals surface area contributed by atoms with Gasteiger partial charge in [0.2, 0.25) is 0 Å². The van der Waals surface area contributed by atoms with Gasteiger partial charge in [-0.05, 0) is 15.9 Å². The summed E-state index contributed by atoms with van der Waals surface area (Å²) in [5.41, 5.74) is 4.36. The van der Waals surface area contributed by atoms with Gasteiger partial charge in [0.05, 0.1) is 4.47 Å². The molecule has 3 N–H and O–H groups in total. The topological polar surface area (TPSA) is 46.2 Å². The lowest BCUT2D eigenvalue weighted by molar-refractivity contribution is 0.456. The monoisotopic (exact) mass is 223 g/mol. The van der Waals surface area contributed by atoms with Crippen LogP contribution in [0.5, 0.6) is 5.75 Å². The van der Waals surface area contributed by atoms with Crippen LogP contribution in [0.3, 0.4) is 0 Å². The Labute approximate surface area is 69.8 Å². The van der Waals surface area contributed by atoms with Crippen LogP contribution in [-0.4, -0.2) is 5.11 Å². The van der Waals surface area contributed by atoms with Crippen LogP contribution in [0.2, 0.25) is 0 Å². The molecule has 0 aromatic heterocycles. The second-order valence-corrected chi connectivity index (χ2v) is 2.71. The van der Waals surface area contributed by atoms with Gasteiger partial charge in [0, 0.05) is 6.07 Å². The molecule has 2 nitrogen and oxygen atoms in total. The van der Waals surface area contributed by atoms with E-state index in [0.29, 0.717) is 0 Å². The summed E-state index contributed by atoms with van der Waals surface area (Å²) in [5.74, 6) is -2.46. The van der Waals surface area contributed by atoms with Gasteiger partial charge in [-0.15, -0.1) is 0 Å². The van der Waals surface area contributed by atoms with E-state index in [1.165, 1.54) is 0 Å². The van der Waals surface area contributed by atoms with Gasteiger partial charge >= 0.3 is 0 Å². The summed E-state index contributed by atoms with van der Waals surface area (Å²) in [6, 6.07) is 0.739. The Bertz CT molecular complexity index is 277. The molecule has 5 heteroatoms. The van der Waals surface area contributed by atoms with Gasteiger partial charge in [0.1, 0.15) is 11.4 Å². The summed E-state index contributed by atoms with van der Waals surface area (Å²) >= 11 is 2.69. The van der Waals surface area contributed by atoms with Crippen LogP contribution in [-0.2, 0) is 0 Å². The molecular weight excluding hydrogens is 220 g/mol. The van der Waals surface area contributed by atoms with Crippen LogP contribution in [0.25, 0.3) is 0 Å². The van der Waals surface area contributed by atoms with E-state index in [-0.39, 0.29) is 4.47 Å². The van der Waals surface area contributed by atoms with E-state index in [0.717, 1.165) is 6.07 Å². The Hall–Kier alpha value is -0.840. The second-order valence-electron chi connectivity index (χ2n) is 1.92. The van der Waals surface area contributed by atoms with Gasteiger partial charge in [0.15, 0.2) is 11.6 Å². The van der Waals surface area contributed by atoms with Crippen molar-refractivity contribution in [1.82, 2.24) is 0 Å². The summed E-state index contributed by atoms with van der Waals surface area (Å²) in [7, 11) is 0. The third kappa shape index (κ3) is 1.28. The number of hydrogen-bond donors (Lipinski definition) is 2. The predicted octanol–water partition coefficient (Wildman–Crippen LogP) is 2.02. The Morgan fingerprint density at radius 1 is 1.45 bits per heavy atom. The molecule has 0 radical (unpaired) electrons. The summed E-state index contributed by atoms with van der Waals surface area (Å²) < 4.78 is 24.9. The van der Waals surface area contributed by atoms with Crippen molar-refractivity contribution in [1.29, 1.82) is 0 Å². The molecule has 0 saturated heterocycles. The molecule has 0 aliphatic heterocycles. The highest BCUT2D eigenvalue weighted by Gasteiger charge is 2.13. The largest absolute Gasteiger partial charge is 0.507 e. The second kappa shape index (κ2) is 2.65. The van der Waals surface area contributed by atoms with Gasteiger partial charge in [-0.3, -0.25) is 0 Å². The van der Waals surface area contributed by atoms with E-state index >= 15 is 0 Å². The molecule has 0 aliphatic carbocycles. The number of phenols is 1. The first kappa shape index (κ1) is 8.26. The minimum atomic E-state index is -0.984. The molecule has 0 heterocycles. The van der Waals surface area contributed by atoms with Crippen molar-refractivity contribution in [3.05, 3.63) is 22.2 Å². The molecule has 1 aromatic carbocycles. The van der Waals surface area contributed by atoms with Crippen molar-refractivity contribution in [2.75, 3.05) is 5.73 Å². The lowest BCUT2D eigenvalue weighted by Gasteiger charge is -2.02. The zero-order valence-electron chi connectivity index (χ0n) is 5.24. The average Bonchev–Trinajstić information content (AvgIpc) is 1.97. The van der Waals surface area contributed by atoms with Crippen molar-refractivity contribution >= 4 is 21.6 Å². The quantitative estimate of drug-likeness (QED) is 0.402. The number of aromatic hydroxyl groups is 1. The number of benzene rings is 1. The zero-order chi connectivity index (χ0) is 8.59. The lowest BCUT2D eigenvalue weighted by Crippen LogP contribution is -1.95. The summed E-state index contributed by atoms with van der Waals surface area (Å²) in [6.07, 6.45) is 0. The van der Waals surface area contributed by atoms with Crippen molar-refractivity contribution in [3.8, 4) is 5.75 Å². The molecular formula is C6H4BrF2NO. The maximum Gasteiger partial charge on any atom is 0.167 e. The van der Waals surface area contributed by atoms with E-state index in [9.17, 15) is 8.78 Å². The lowest BCUT2D eigenvalue weighted by atomic mass is 10.3. The van der Waals surface area contributed by atoms with Crippen LogP contribution < -0.4 is 5.73 Å². The smallest absolute Gasteiger partial charge is 0.167 e. The molecule has 0 saturated carbocycles. The van der Waals surface area contributed by atoms with Crippen molar-refractivity contribution < 1.29 is 13.9 Å². The van der Waals surface area contributed by atoms with E-state index < -0.39 is 23.1 Å². The fourth-order valence-electron chi connectivity index (χ4n) is 0.597. The highest BCUT2D eigenvalue weighted by Crippen LogP contribution is 2.31. The first-order valence-corrected chi connectivity index (χ1v) is 3.45. The Kier molecular flexibility index (Phi) is 1.99. The molecule has 0 atom stereocenters. The first-order chi connectivity index (χ1) is 5.04. The minimum absolute atomic E-state index is 0.226. The third-order valence-corrected chi connectivity index (χ3v) is 1.93. The standard InChI is InChI=1S/C6H4BrF2NO/c7-4-3(11)1-2(8)6(10)5(4)9/h1,11H,10H2. The SMILES string of the molecule is Nc1c(F)cc(O)c(Br)c1F. The predicted molar refractivity (Wildman–Crippen MR) is 40.1 cm³/mol. The van der Waals surface area contributed by atoms with E-state index in [1.807, 2.05) is 0 Å². The Morgan fingerprint density at radius 3 is 2.55 bits per heavy atom. The maximum atomic E-state index is 12.7. The van der Waals surface area contributed by atoms with Crippen LogP contribution >= 0.6 is 15.9 Å². The summed E-state index contributed by atoms with van der Waals surface area (Å²) in [6.45, 7) is 0. The van der Waals surface area contributed by atoms with Crippen molar-refractivity contribution in [3.63, 3.8) is 0 Å². The van der Waals surface area contributed by atoms with Gasteiger partial charge in [-0.2, -0.15) is 0 Å². The summed E-state index contributed by atoms with van der Waals surface area (Å²) in [5, 5.41) is 8.82. The molecule has 60 valence electrons. The van der Waals surface area contributed by atoms with Gasteiger partial charge in [-0.25, -0.2) is 8.78 Å². The number of nitrogen functional groups attached to an aromatic ring is 1. The molecule has 11 heavy (non-hydrogen) atoms. The van der Waals surface area contributed by atoms with E-state index in [2.05, 4.69) is 15.9 Å². The van der Waals surface area contributed by atoms with Crippen molar-refractivity contribution in [2.24, 2.45) is 0 Å². The maximum absolute atomic E-state index is 12.7. The Morgan fingerprint density at radius 2 is 2.00 bits per heavy atom. The first-order valence-electron chi connectivity index (χ1n) is 2.66. The molecule has 0 bridgehead atoms. The number of phenolic OH excluding ortho intramolecular Hbond substituents is 1. The number of halogens is 3. The van der Waals surface area contributed by atoms with Crippen molar-refractivity contribution in [2.45, 2.75) is 0 Å². The molecule has 0 fully saturated rings. The van der Waals surface area contributed by atoms with Gasteiger partial charge < -0.3 is 10.8 Å². The summed E-state index contributed by atoms with van der Waals surface area (Å²) in [4.78, 5) is 0. The highest BCUT2D eigenvalue weighted by molar-refractivity contribution is 9.10. The van der Waals surface area contributed by atoms with Crippen LogP contribution in [0, 0.1) is 11.6 Å². The number of nitrogens with two attached hydrogens (primary N) is 1. The minimum Gasteiger partial charge on any atom is -0.507 e. The molecule has 0 spiro atoms. The molecule has 1 aromatic rings. The normalized spacial score (nSPS) is 10.1. The van der Waals surface area contributed by atoms with Gasteiger partial charge in [0.25, 0.3) is 0 Å². The molecule has 0 amide bonds. The fourth-order valence-corrected chi connectivity index (χ4v) is 0.925. The molecule has 0 aliphatic rings.